The number of phenols is 1. The summed E-state index contributed by atoms with van der Waals surface area (Å²) in [7, 11) is 3.84. The number of hydrogen-bond acceptors (Lipinski definition) is 6. The Hall–Kier alpha value is -3.57. The minimum Gasteiger partial charge on any atom is -0.508 e. The minimum absolute atomic E-state index is 0.0949. The number of nitrogens with two attached hydrogens (primary N) is 2. The second kappa shape index (κ2) is 7.21. The summed E-state index contributed by atoms with van der Waals surface area (Å²) in [5.74, 6) is 5.50. The topological polar surface area (TPSA) is 123 Å². The van der Waals surface area contributed by atoms with Crippen molar-refractivity contribution in [2.45, 2.75) is 13.8 Å². The van der Waals surface area contributed by atoms with Gasteiger partial charge in [0.05, 0.1) is 18.4 Å². The largest absolute Gasteiger partial charge is 0.508 e. The molecule has 8 nitrogen and oxygen atoms in total. The summed E-state index contributed by atoms with van der Waals surface area (Å²) < 4.78 is 1.60. The molecule has 0 aliphatic carbocycles. The van der Waals surface area contributed by atoms with Gasteiger partial charge in [-0.3, -0.25) is 14.3 Å². The highest BCUT2D eigenvalue weighted by molar-refractivity contribution is 6.09. The predicted molar refractivity (Wildman–Crippen MR) is 108 cm³/mol. The van der Waals surface area contributed by atoms with Crippen molar-refractivity contribution < 1.29 is 9.90 Å². The number of primary amides is 1. The third-order valence-corrected chi connectivity index (χ3v) is 4.39. The molecule has 0 spiro atoms. The molecule has 8 heteroatoms. The van der Waals surface area contributed by atoms with Gasteiger partial charge in [0.1, 0.15) is 28.3 Å². The molecule has 0 radical (unpaired) electrons. The second-order valence-electron chi connectivity index (χ2n) is 6.80. The lowest BCUT2D eigenvalue weighted by Gasteiger charge is -2.15. The van der Waals surface area contributed by atoms with Gasteiger partial charge in [-0.15, -0.1) is 0 Å². The third-order valence-electron chi connectivity index (χ3n) is 4.39. The van der Waals surface area contributed by atoms with Crippen molar-refractivity contribution >= 4 is 22.9 Å². The molecule has 28 heavy (non-hydrogen) atoms. The molecule has 0 atom stereocenters. The van der Waals surface area contributed by atoms with Gasteiger partial charge in [-0.05, 0) is 45.5 Å². The Kier molecular flexibility index (Phi) is 4.94. The predicted octanol–water partition coefficient (Wildman–Crippen LogP) is 1.34. The highest BCUT2D eigenvalue weighted by atomic mass is 16.3. The molecule has 0 fully saturated rings. The molecule has 0 saturated carbocycles. The molecule has 5 N–H and O–H groups in total. The van der Waals surface area contributed by atoms with Gasteiger partial charge in [0.25, 0.3) is 5.91 Å². The van der Waals surface area contributed by atoms with Gasteiger partial charge in [0, 0.05) is 5.56 Å². The first kappa shape index (κ1) is 19.2. The Morgan fingerprint density at radius 3 is 2.68 bits per heavy atom. The highest BCUT2D eigenvalue weighted by Crippen LogP contribution is 2.34. The molecule has 0 bridgehead atoms. The number of carbonyl (C=O) groups excluding carboxylic acids is 1. The number of benzene rings is 1. The number of carbonyl (C=O) groups is 1. The number of aromatic nitrogens is 3. The molecular weight excluding hydrogens is 356 g/mol. The Labute approximate surface area is 162 Å². The van der Waals surface area contributed by atoms with Gasteiger partial charge in [-0.2, -0.15) is 0 Å². The summed E-state index contributed by atoms with van der Waals surface area (Å²) in [6, 6.07) is 3.37. The van der Waals surface area contributed by atoms with Crippen molar-refractivity contribution in [3.05, 3.63) is 40.7 Å². The Morgan fingerprint density at radius 2 is 2.04 bits per heavy atom. The maximum Gasteiger partial charge on any atom is 0.254 e. The van der Waals surface area contributed by atoms with Crippen LogP contribution in [0.3, 0.4) is 0 Å². The number of amides is 1. The lowest BCUT2D eigenvalue weighted by atomic mass is 10.1. The van der Waals surface area contributed by atoms with Crippen LogP contribution in [0.2, 0.25) is 0 Å². The van der Waals surface area contributed by atoms with E-state index in [0.717, 1.165) is 5.56 Å². The molecule has 2 heterocycles. The Morgan fingerprint density at radius 1 is 1.32 bits per heavy atom. The van der Waals surface area contributed by atoms with Crippen LogP contribution in [0.4, 0.5) is 5.82 Å². The lowest BCUT2D eigenvalue weighted by Crippen LogP contribution is -2.14. The van der Waals surface area contributed by atoms with Crippen molar-refractivity contribution in [3.63, 3.8) is 0 Å². The number of rotatable bonds is 3. The van der Waals surface area contributed by atoms with Crippen LogP contribution in [0, 0.1) is 25.7 Å². The fraction of sp³-hybridized carbons (Fsp3) is 0.250. The fourth-order valence-electron chi connectivity index (χ4n) is 3.05. The number of phenolic OH excluding ortho intramolecular Hbond substituents is 1. The van der Waals surface area contributed by atoms with Gasteiger partial charge in [-0.1, -0.05) is 12.0 Å². The first-order valence-electron chi connectivity index (χ1n) is 8.62. The van der Waals surface area contributed by atoms with Gasteiger partial charge >= 0.3 is 0 Å². The van der Waals surface area contributed by atoms with E-state index in [1.807, 2.05) is 25.9 Å². The number of fused-ring (bicyclic) bond motifs is 1. The van der Waals surface area contributed by atoms with Crippen LogP contribution in [-0.2, 0) is 0 Å². The smallest absolute Gasteiger partial charge is 0.254 e. The number of anilines is 1. The monoisotopic (exact) mass is 378 g/mol. The van der Waals surface area contributed by atoms with E-state index in [0.29, 0.717) is 34.7 Å². The van der Waals surface area contributed by atoms with Crippen LogP contribution in [0.25, 0.3) is 16.9 Å². The summed E-state index contributed by atoms with van der Waals surface area (Å²) in [4.78, 5) is 22.9. The van der Waals surface area contributed by atoms with Crippen LogP contribution in [0.15, 0.2) is 18.3 Å². The number of aromatic hydroxyl groups is 1. The average Bonchev–Trinajstić information content (AvgIpc) is 2.90. The molecule has 1 amide bonds. The van der Waals surface area contributed by atoms with E-state index in [1.165, 1.54) is 6.20 Å². The number of nitrogen functional groups attached to an aromatic ring is 1. The molecule has 3 aromatic rings. The van der Waals surface area contributed by atoms with Gasteiger partial charge < -0.3 is 16.6 Å². The molecule has 3 rings (SSSR count). The molecule has 0 saturated heterocycles. The zero-order chi connectivity index (χ0) is 20.6. The van der Waals surface area contributed by atoms with Crippen molar-refractivity contribution in [3.8, 4) is 23.3 Å². The quantitative estimate of drug-likeness (QED) is 0.591. The van der Waals surface area contributed by atoms with Crippen molar-refractivity contribution in [1.82, 2.24) is 19.4 Å². The Bertz CT molecular complexity index is 1150. The lowest BCUT2D eigenvalue weighted by molar-refractivity contribution is 0.100. The van der Waals surface area contributed by atoms with Crippen LogP contribution in [-0.4, -0.2) is 51.1 Å². The summed E-state index contributed by atoms with van der Waals surface area (Å²) >= 11 is 0. The summed E-state index contributed by atoms with van der Waals surface area (Å²) in [6.45, 7) is 4.21. The van der Waals surface area contributed by atoms with E-state index in [1.54, 1.807) is 23.6 Å². The average molecular weight is 378 g/mol. The third kappa shape index (κ3) is 3.23. The van der Waals surface area contributed by atoms with Crippen molar-refractivity contribution in [2.24, 2.45) is 5.73 Å². The van der Waals surface area contributed by atoms with E-state index in [9.17, 15) is 9.90 Å². The normalized spacial score (nSPS) is 10.9. The molecular formula is C20H22N6O2. The van der Waals surface area contributed by atoms with Gasteiger partial charge in [-0.25, -0.2) is 9.97 Å². The molecule has 0 unspecified atom stereocenters. The number of aryl methyl sites for hydroxylation is 1. The van der Waals surface area contributed by atoms with Gasteiger partial charge in [0.15, 0.2) is 5.65 Å². The standard InChI is InChI=1S/C20H22N6O2/c1-11-7-8-14(27)12(2)17(11)26-18(21)15(19(22)28)16-20(26)24-13(10-23-16)6-5-9-25(3)4/h7-8,10,27H,9,21H2,1-4H3,(H2,22,28). The minimum atomic E-state index is -0.697. The van der Waals surface area contributed by atoms with Crippen molar-refractivity contribution in [2.75, 3.05) is 26.4 Å². The summed E-state index contributed by atoms with van der Waals surface area (Å²) in [6.07, 6.45) is 1.49. The van der Waals surface area contributed by atoms with E-state index in [-0.39, 0.29) is 17.1 Å². The van der Waals surface area contributed by atoms with Crippen LogP contribution < -0.4 is 11.5 Å². The molecule has 0 aliphatic rings. The number of nitrogens with zero attached hydrogens (tertiary/aromatic N) is 4. The zero-order valence-electron chi connectivity index (χ0n) is 16.2. The molecule has 2 aromatic heterocycles. The number of hydrogen-bond donors (Lipinski definition) is 3. The highest BCUT2D eigenvalue weighted by Gasteiger charge is 2.24. The fourth-order valence-corrected chi connectivity index (χ4v) is 3.05. The Balaban J connectivity index is 2.35. The van der Waals surface area contributed by atoms with Gasteiger partial charge in [0.2, 0.25) is 0 Å². The van der Waals surface area contributed by atoms with Crippen molar-refractivity contribution in [1.29, 1.82) is 0 Å². The second-order valence-corrected chi connectivity index (χ2v) is 6.80. The van der Waals surface area contributed by atoms with E-state index >= 15 is 0 Å². The van der Waals surface area contributed by atoms with E-state index in [2.05, 4.69) is 21.8 Å². The molecule has 0 aliphatic heterocycles. The molecule has 1 aromatic carbocycles. The van der Waals surface area contributed by atoms with E-state index < -0.39 is 5.91 Å². The maximum absolute atomic E-state index is 12.0. The van der Waals surface area contributed by atoms with E-state index in [4.69, 9.17) is 11.5 Å². The first-order chi connectivity index (χ1) is 13.2. The van der Waals surface area contributed by atoms with Crippen LogP contribution in [0.5, 0.6) is 5.75 Å². The van der Waals surface area contributed by atoms with Crippen LogP contribution in [0.1, 0.15) is 27.2 Å². The maximum atomic E-state index is 12.0. The SMILES string of the molecule is Cc1ccc(O)c(C)c1-n1c(N)c(C(N)=O)c2ncc(C#CCN(C)C)nc21. The zero-order valence-corrected chi connectivity index (χ0v) is 16.2. The first-order valence-corrected chi connectivity index (χ1v) is 8.62. The van der Waals surface area contributed by atoms with Crippen LogP contribution >= 0.6 is 0 Å². The summed E-state index contributed by atoms with van der Waals surface area (Å²) in [5, 5.41) is 10.2. The summed E-state index contributed by atoms with van der Waals surface area (Å²) in [5.41, 5.74) is 15.1. The molecule has 144 valence electrons.